The van der Waals surface area contributed by atoms with E-state index < -0.39 is 10.8 Å². The lowest BCUT2D eigenvalue weighted by atomic mass is 10.2. The fourth-order valence-corrected chi connectivity index (χ4v) is 1.12. The van der Waals surface area contributed by atoms with Gasteiger partial charge in [0.15, 0.2) is 6.20 Å². The number of aromatic nitrogens is 1. The van der Waals surface area contributed by atoms with E-state index in [4.69, 9.17) is 0 Å². The second-order valence-electron chi connectivity index (χ2n) is 3.29. The molecule has 0 aliphatic carbocycles. The Morgan fingerprint density at radius 2 is 2.18 bits per heavy atom. The largest absolute Gasteiger partial charge is 0.363 e. The zero-order valence-electron chi connectivity index (χ0n) is 9.17. The van der Waals surface area contributed by atoms with Crippen LogP contribution in [0.25, 0.3) is 0 Å². The fourth-order valence-electron chi connectivity index (χ4n) is 1.12. The fraction of sp³-hybridized carbons (Fsp3) is 0.300. The highest BCUT2D eigenvalue weighted by Gasteiger charge is 2.13. The van der Waals surface area contributed by atoms with Gasteiger partial charge in [0, 0.05) is 12.5 Å². The highest BCUT2D eigenvalue weighted by Crippen LogP contribution is 2.07. The molecule has 0 aliphatic heterocycles. The molecule has 0 saturated heterocycles. The van der Waals surface area contributed by atoms with Crippen LogP contribution in [-0.2, 0) is 4.79 Å². The SMILES string of the molecule is CCCC(=O)NC(=O)c1ccc([N+](=O)[O-])nc1. The van der Waals surface area contributed by atoms with Crippen LogP contribution in [0.4, 0.5) is 5.82 Å². The summed E-state index contributed by atoms with van der Waals surface area (Å²) in [6, 6.07) is 2.36. The zero-order valence-corrected chi connectivity index (χ0v) is 9.17. The van der Waals surface area contributed by atoms with Crippen molar-refractivity contribution in [3.05, 3.63) is 34.0 Å². The average molecular weight is 237 g/mol. The number of amides is 2. The zero-order chi connectivity index (χ0) is 12.8. The first-order valence-corrected chi connectivity index (χ1v) is 4.99. The van der Waals surface area contributed by atoms with Crippen LogP contribution in [0.15, 0.2) is 18.3 Å². The standard InChI is InChI=1S/C10H11N3O4/c1-2-3-9(14)12-10(15)7-4-5-8(11-6-7)13(16)17/h4-6H,2-3H2,1H3,(H,12,14,15). The quantitative estimate of drug-likeness (QED) is 0.622. The lowest BCUT2D eigenvalue weighted by Crippen LogP contribution is -2.30. The first kappa shape index (κ1) is 12.8. The number of carbonyl (C=O) groups excluding carboxylic acids is 2. The molecule has 1 N–H and O–H groups in total. The maximum absolute atomic E-state index is 11.5. The topological polar surface area (TPSA) is 102 Å². The molecule has 0 aromatic carbocycles. The van der Waals surface area contributed by atoms with Gasteiger partial charge in [-0.2, -0.15) is 0 Å². The summed E-state index contributed by atoms with van der Waals surface area (Å²) in [4.78, 5) is 35.8. The van der Waals surface area contributed by atoms with E-state index in [1.165, 1.54) is 6.07 Å². The minimum Gasteiger partial charge on any atom is -0.358 e. The molecule has 7 nitrogen and oxygen atoms in total. The third-order valence-electron chi connectivity index (χ3n) is 1.93. The molecule has 0 unspecified atom stereocenters. The minimum atomic E-state index is -0.663. The van der Waals surface area contributed by atoms with Gasteiger partial charge in [-0.1, -0.05) is 6.92 Å². The highest BCUT2D eigenvalue weighted by atomic mass is 16.6. The molecule has 1 heterocycles. The monoisotopic (exact) mass is 237 g/mol. The number of rotatable bonds is 4. The summed E-state index contributed by atoms with van der Waals surface area (Å²) in [6.07, 6.45) is 1.95. The van der Waals surface area contributed by atoms with Crippen molar-refractivity contribution in [1.82, 2.24) is 10.3 Å². The van der Waals surface area contributed by atoms with E-state index in [9.17, 15) is 19.7 Å². The van der Waals surface area contributed by atoms with Crippen molar-refractivity contribution in [3.63, 3.8) is 0 Å². The van der Waals surface area contributed by atoms with Crippen LogP contribution in [0.3, 0.4) is 0 Å². The molecule has 1 aromatic heterocycles. The number of nitrogens with one attached hydrogen (secondary N) is 1. The third-order valence-corrected chi connectivity index (χ3v) is 1.93. The van der Waals surface area contributed by atoms with Crippen LogP contribution in [0, 0.1) is 10.1 Å². The number of nitrogens with zero attached hydrogens (tertiary/aromatic N) is 2. The predicted molar refractivity (Wildman–Crippen MR) is 58.3 cm³/mol. The van der Waals surface area contributed by atoms with Crippen LogP contribution in [0.1, 0.15) is 30.1 Å². The molecule has 2 amide bonds. The number of hydrogen-bond donors (Lipinski definition) is 1. The van der Waals surface area contributed by atoms with E-state index in [2.05, 4.69) is 10.3 Å². The highest BCUT2D eigenvalue weighted by molar-refractivity contribution is 6.04. The molecule has 0 atom stereocenters. The molecular formula is C10H11N3O4. The Hall–Kier alpha value is -2.31. The van der Waals surface area contributed by atoms with E-state index >= 15 is 0 Å². The summed E-state index contributed by atoms with van der Waals surface area (Å²) in [5.41, 5.74) is 0.111. The van der Waals surface area contributed by atoms with Crippen LogP contribution < -0.4 is 5.32 Å². The molecule has 1 aromatic rings. The van der Waals surface area contributed by atoms with Crippen molar-refractivity contribution in [2.75, 3.05) is 0 Å². The van der Waals surface area contributed by atoms with Gasteiger partial charge in [0.2, 0.25) is 5.91 Å². The van der Waals surface area contributed by atoms with E-state index in [0.29, 0.717) is 6.42 Å². The number of hydrogen-bond acceptors (Lipinski definition) is 5. The van der Waals surface area contributed by atoms with E-state index in [-0.39, 0.29) is 23.7 Å². The second kappa shape index (κ2) is 5.69. The summed E-state index contributed by atoms with van der Waals surface area (Å²) >= 11 is 0. The number of imide groups is 1. The van der Waals surface area contributed by atoms with Crippen molar-refractivity contribution in [1.29, 1.82) is 0 Å². The molecule has 0 bridgehead atoms. The van der Waals surface area contributed by atoms with Gasteiger partial charge in [0.05, 0.1) is 5.56 Å². The van der Waals surface area contributed by atoms with Crippen LogP contribution in [-0.4, -0.2) is 21.7 Å². The van der Waals surface area contributed by atoms with Gasteiger partial charge in [0.1, 0.15) is 0 Å². The molecule has 1 rings (SSSR count). The van der Waals surface area contributed by atoms with E-state index in [1.807, 2.05) is 6.92 Å². The Kier molecular flexibility index (Phi) is 4.27. The van der Waals surface area contributed by atoms with Gasteiger partial charge >= 0.3 is 5.82 Å². The van der Waals surface area contributed by atoms with Crippen molar-refractivity contribution in [2.24, 2.45) is 0 Å². The number of carbonyl (C=O) groups is 2. The van der Waals surface area contributed by atoms with Crippen molar-refractivity contribution >= 4 is 17.6 Å². The summed E-state index contributed by atoms with van der Waals surface area (Å²) in [5.74, 6) is -1.33. The first-order valence-electron chi connectivity index (χ1n) is 4.99. The Morgan fingerprint density at radius 3 is 2.65 bits per heavy atom. The van der Waals surface area contributed by atoms with Gasteiger partial charge in [-0.05, 0) is 22.4 Å². The van der Waals surface area contributed by atoms with Gasteiger partial charge in [-0.15, -0.1) is 0 Å². The maximum atomic E-state index is 11.5. The van der Waals surface area contributed by atoms with Crippen LogP contribution >= 0.6 is 0 Å². The molecule has 17 heavy (non-hydrogen) atoms. The molecular weight excluding hydrogens is 226 g/mol. The van der Waals surface area contributed by atoms with Crippen molar-refractivity contribution < 1.29 is 14.5 Å². The van der Waals surface area contributed by atoms with Crippen molar-refractivity contribution in [2.45, 2.75) is 19.8 Å². The van der Waals surface area contributed by atoms with Gasteiger partial charge in [0.25, 0.3) is 5.91 Å². The maximum Gasteiger partial charge on any atom is 0.363 e. The Labute approximate surface area is 97.0 Å². The Morgan fingerprint density at radius 1 is 1.47 bits per heavy atom. The molecule has 90 valence electrons. The molecule has 7 heteroatoms. The summed E-state index contributed by atoms with van der Waals surface area (Å²) in [7, 11) is 0. The molecule has 0 radical (unpaired) electrons. The molecule has 0 spiro atoms. The van der Waals surface area contributed by atoms with E-state index in [1.54, 1.807) is 0 Å². The number of pyridine rings is 1. The normalized spacial score (nSPS) is 9.71. The smallest absolute Gasteiger partial charge is 0.358 e. The first-order chi connectivity index (χ1) is 8.04. The number of nitro groups is 1. The van der Waals surface area contributed by atoms with Gasteiger partial charge in [-0.3, -0.25) is 14.9 Å². The van der Waals surface area contributed by atoms with Crippen molar-refractivity contribution in [3.8, 4) is 0 Å². The third kappa shape index (κ3) is 3.63. The van der Waals surface area contributed by atoms with Crippen LogP contribution in [0.2, 0.25) is 0 Å². The summed E-state index contributed by atoms with van der Waals surface area (Å²) in [6.45, 7) is 1.82. The molecule has 0 aliphatic rings. The van der Waals surface area contributed by atoms with E-state index in [0.717, 1.165) is 12.3 Å². The van der Waals surface area contributed by atoms with Gasteiger partial charge < -0.3 is 10.1 Å². The second-order valence-corrected chi connectivity index (χ2v) is 3.29. The summed E-state index contributed by atoms with van der Waals surface area (Å²) < 4.78 is 0. The molecule has 0 fully saturated rings. The molecule has 0 saturated carbocycles. The van der Waals surface area contributed by atoms with Crippen LogP contribution in [0.5, 0.6) is 0 Å². The van der Waals surface area contributed by atoms with Gasteiger partial charge in [-0.25, -0.2) is 0 Å². The lowest BCUT2D eigenvalue weighted by Gasteiger charge is -2.01. The Balaban J connectivity index is 2.70. The average Bonchev–Trinajstić information content (AvgIpc) is 2.29. The lowest BCUT2D eigenvalue weighted by molar-refractivity contribution is -0.389. The summed E-state index contributed by atoms with van der Waals surface area (Å²) in [5, 5.41) is 12.5. The predicted octanol–water partition coefficient (Wildman–Crippen LogP) is 1.05. The Bertz CT molecular complexity index is 441. The minimum absolute atomic E-state index is 0.111.